The molecule has 1 N–H and O–H groups in total. The van der Waals surface area contributed by atoms with Crippen LogP contribution in [-0.2, 0) is 4.79 Å². The molecule has 0 aliphatic heterocycles. The van der Waals surface area contributed by atoms with E-state index in [0.717, 1.165) is 0 Å². The van der Waals surface area contributed by atoms with Crippen LogP contribution in [0.4, 0.5) is 0 Å². The van der Waals surface area contributed by atoms with Gasteiger partial charge in [0.25, 0.3) is 0 Å². The Hall–Kier alpha value is 0.340. The maximum Gasteiger partial charge on any atom is 0.323 e. The molecule has 0 aromatic carbocycles. The van der Waals surface area contributed by atoms with E-state index in [1.54, 1.807) is 0 Å². The summed E-state index contributed by atoms with van der Waals surface area (Å²) in [7, 11) is 0. The second-order valence-corrected chi connectivity index (χ2v) is 2.75. The van der Waals surface area contributed by atoms with Gasteiger partial charge in [0.05, 0.1) is 5.38 Å². The Balaban J connectivity index is 3.72. The van der Waals surface area contributed by atoms with E-state index in [1.807, 2.05) is 0 Å². The minimum Gasteiger partial charge on any atom is -0.480 e. The molecule has 54 valence electrons. The number of hydrogen-bond acceptors (Lipinski definition) is 1. The highest BCUT2D eigenvalue weighted by Crippen LogP contribution is 2.11. The van der Waals surface area contributed by atoms with Crippen molar-refractivity contribution in [1.82, 2.24) is 0 Å². The van der Waals surface area contributed by atoms with Crippen LogP contribution in [0.5, 0.6) is 0 Å². The van der Waals surface area contributed by atoms with Crippen LogP contribution in [0.3, 0.4) is 0 Å². The lowest BCUT2D eigenvalue weighted by Gasteiger charge is -2.06. The molecule has 0 fully saturated rings. The quantitative estimate of drug-likeness (QED) is 0.687. The number of hydrogen-bond donors (Lipinski definition) is 1. The molecule has 0 unspecified atom stereocenters. The van der Waals surface area contributed by atoms with Gasteiger partial charge in [-0.25, -0.2) is 0 Å². The summed E-state index contributed by atoms with van der Waals surface area (Å²) < 4.78 is 0. The number of carbonyl (C=O) groups is 1. The summed E-state index contributed by atoms with van der Waals surface area (Å²) in [5, 5.41) is 6.41. The molecule has 2 nitrogen and oxygen atoms in total. The summed E-state index contributed by atoms with van der Waals surface area (Å²) >= 11 is 15.8. The molecule has 0 rings (SSSR count). The van der Waals surface area contributed by atoms with Gasteiger partial charge in [0.1, 0.15) is 5.38 Å². The van der Waals surface area contributed by atoms with Gasteiger partial charge in [-0.2, -0.15) is 0 Å². The van der Waals surface area contributed by atoms with E-state index in [4.69, 9.17) is 39.9 Å². The molecule has 9 heavy (non-hydrogen) atoms. The smallest absolute Gasteiger partial charge is 0.323 e. The van der Waals surface area contributed by atoms with Gasteiger partial charge in [0.2, 0.25) is 0 Å². The van der Waals surface area contributed by atoms with Gasteiger partial charge in [-0.05, 0) is 0 Å². The standard InChI is InChI=1S/C4H5Cl3O2/c5-1-2(6)3(7)4(8)9/h2-3H,1H2,(H,8,9)/t2-,3+/m1/s1. The number of carboxylic acid groups (broad SMARTS) is 1. The molecule has 5 heteroatoms. The SMILES string of the molecule is O=C(O)[C@@H](Cl)[C@H](Cl)CCl. The van der Waals surface area contributed by atoms with Crippen molar-refractivity contribution in [2.45, 2.75) is 10.8 Å². The highest BCUT2D eigenvalue weighted by atomic mass is 35.5. The monoisotopic (exact) mass is 190 g/mol. The largest absolute Gasteiger partial charge is 0.480 e. The van der Waals surface area contributed by atoms with E-state index in [2.05, 4.69) is 0 Å². The third-order valence-corrected chi connectivity index (χ3v) is 2.22. The van der Waals surface area contributed by atoms with E-state index in [1.165, 1.54) is 0 Å². The second kappa shape index (κ2) is 4.20. The van der Waals surface area contributed by atoms with Crippen LogP contribution in [-0.4, -0.2) is 27.7 Å². The van der Waals surface area contributed by atoms with Crippen molar-refractivity contribution in [3.05, 3.63) is 0 Å². The predicted octanol–water partition coefficient (Wildman–Crippen LogP) is 1.52. The van der Waals surface area contributed by atoms with Gasteiger partial charge in [-0.1, -0.05) is 0 Å². The number of rotatable bonds is 3. The highest BCUT2D eigenvalue weighted by Gasteiger charge is 2.22. The van der Waals surface area contributed by atoms with Crippen LogP contribution in [0.25, 0.3) is 0 Å². The maximum absolute atomic E-state index is 10.0. The van der Waals surface area contributed by atoms with Crippen molar-refractivity contribution >= 4 is 40.8 Å². The first-order valence-corrected chi connectivity index (χ1v) is 3.57. The zero-order valence-electron chi connectivity index (χ0n) is 4.35. The molecule has 0 aromatic rings. The Kier molecular flexibility index (Phi) is 4.36. The Bertz CT molecular complexity index is 106. The zero-order valence-corrected chi connectivity index (χ0v) is 6.62. The maximum atomic E-state index is 10.0. The van der Waals surface area contributed by atoms with E-state index < -0.39 is 16.7 Å². The van der Waals surface area contributed by atoms with Crippen molar-refractivity contribution in [2.24, 2.45) is 0 Å². The second-order valence-electron chi connectivity index (χ2n) is 1.41. The fourth-order valence-corrected chi connectivity index (χ4v) is 0.699. The van der Waals surface area contributed by atoms with Crippen LogP contribution in [0.1, 0.15) is 0 Å². The van der Waals surface area contributed by atoms with Gasteiger partial charge in [0.15, 0.2) is 0 Å². The number of alkyl halides is 3. The molecule has 0 aliphatic carbocycles. The lowest BCUT2D eigenvalue weighted by Crippen LogP contribution is -2.25. The van der Waals surface area contributed by atoms with E-state index >= 15 is 0 Å². The first-order valence-electron chi connectivity index (χ1n) is 2.16. The molecule has 0 spiro atoms. The van der Waals surface area contributed by atoms with Crippen LogP contribution < -0.4 is 0 Å². The normalized spacial score (nSPS) is 16.8. The molecule has 0 aliphatic rings. The first-order chi connectivity index (χ1) is 4.09. The fourth-order valence-electron chi connectivity index (χ4n) is 0.233. The number of halogens is 3. The van der Waals surface area contributed by atoms with E-state index in [-0.39, 0.29) is 5.88 Å². The van der Waals surface area contributed by atoms with Crippen LogP contribution in [0.15, 0.2) is 0 Å². The average Bonchev–Trinajstić information content (AvgIpc) is 1.84. The molecule has 0 bridgehead atoms. The van der Waals surface area contributed by atoms with Crippen molar-refractivity contribution in [3.8, 4) is 0 Å². The van der Waals surface area contributed by atoms with E-state index in [9.17, 15) is 4.79 Å². The molecule has 0 amide bonds. The fraction of sp³-hybridized carbons (Fsp3) is 0.750. The average molecular weight is 191 g/mol. The van der Waals surface area contributed by atoms with Gasteiger partial charge in [-0.3, -0.25) is 4.79 Å². The summed E-state index contributed by atoms with van der Waals surface area (Å²) in [4.78, 5) is 10.0. The summed E-state index contributed by atoms with van der Waals surface area (Å²) in [6, 6.07) is 0. The van der Waals surface area contributed by atoms with Crippen molar-refractivity contribution in [1.29, 1.82) is 0 Å². The van der Waals surface area contributed by atoms with Gasteiger partial charge < -0.3 is 5.11 Å². The highest BCUT2D eigenvalue weighted by molar-refractivity contribution is 6.38. The Morgan fingerprint density at radius 3 is 2.11 bits per heavy atom. The van der Waals surface area contributed by atoms with Crippen LogP contribution in [0, 0.1) is 0 Å². The third-order valence-electron chi connectivity index (χ3n) is 0.701. The summed E-state index contributed by atoms with van der Waals surface area (Å²) in [6.07, 6.45) is 0. The minimum atomic E-state index is -1.14. The predicted molar refractivity (Wildman–Crippen MR) is 37.6 cm³/mol. The minimum absolute atomic E-state index is 0.0437. The molecule has 2 atom stereocenters. The molecular formula is C4H5Cl3O2. The molecule has 0 heterocycles. The van der Waals surface area contributed by atoms with E-state index in [0.29, 0.717) is 0 Å². The van der Waals surface area contributed by atoms with Gasteiger partial charge in [0, 0.05) is 5.88 Å². The van der Waals surface area contributed by atoms with Crippen LogP contribution >= 0.6 is 34.8 Å². The molecular weight excluding hydrogens is 186 g/mol. The molecule has 0 saturated carbocycles. The van der Waals surface area contributed by atoms with Crippen molar-refractivity contribution in [2.75, 3.05) is 5.88 Å². The Morgan fingerprint density at radius 2 is 2.00 bits per heavy atom. The lowest BCUT2D eigenvalue weighted by atomic mass is 10.3. The summed E-state index contributed by atoms with van der Waals surface area (Å²) in [6.45, 7) is 0. The zero-order chi connectivity index (χ0) is 7.44. The third kappa shape index (κ3) is 3.14. The van der Waals surface area contributed by atoms with Gasteiger partial charge in [-0.15, -0.1) is 34.8 Å². The van der Waals surface area contributed by atoms with Gasteiger partial charge >= 0.3 is 5.97 Å². The Morgan fingerprint density at radius 1 is 1.56 bits per heavy atom. The molecule has 0 saturated heterocycles. The number of aliphatic carboxylic acids is 1. The summed E-state index contributed by atoms with van der Waals surface area (Å²) in [5.74, 6) is -1.10. The number of carboxylic acids is 1. The lowest BCUT2D eigenvalue weighted by molar-refractivity contribution is -0.136. The Labute approximate surface area is 67.7 Å². The van der Waals surface area contributed by atoms with Crippen LogP contribution in [0.2, 0.25) is 0 Å². The van der Waals surface area contributed by atoms with Crippen molar-refractivity contribution < 1.29 is 9.90 Å². The molecule has 0 aromatic heterocycles. The summed E-state index contributed by atoms with van der Waals surface area (Å²) in [5.41, 5.74) is 0. The topological polar surface area (TPSA) is 37.3 Å². The van der Waals surface area contributed by atoms with Crippen molar-refractivity contribution in [3.63, 3.8) is 0 Å². The first kappa shape index (κ1) is 9.34. The molecule has 0 radical (unpaired) electrons.